The molecule has 0 N–H and O–H groups in total. The van der Waals surface area contributed by atoms with Crippen LogP contribution in [0.25, 0.3) is 0 Å². The molecule has 0 unspecified atom stereocenters. The van der Waals surface area contributed by atoms with Crippen LogP contribution >= 0.6 is 15.9 Å². The standard InChI is InChI=1S/C18H20BrNO5S/c1-24-12-11-20(18(21)16-5-3-4-6-17(16)19)13-14-7-9-15(10-8-14)25-26(2,22)23/h3-10H,11-13H2,1-2H3. The summed E-state index contributed by atoms with van der Waals surface area (Å²) in [5, 5.41) is 0. The SMILES string of the molecule is COCCN(Cc1ccc(OS(C)(=O)=O)cc1)C(=O)c1ccccc1Br. The second-order valence-electron chi connectivity index (χ2n) is 5.63. The fourth-order valence-electron chi connectivity index (χ4n) is 2.30. The molecule has 0 saturated carbocycles. The Morgan fingerprint density at radius 2 is 1.77 bits per heavy atom. The second kappa shape index (κ2) is 9.16. The zero-order chi connectivity index (χ0) is 19.2. The molecule has 0 aromatic heterocycles. The van der Waals surface area contributed by atoms with Gasteiger partial charge in [-0.05, 0) is 45.8 Å². The Hall–Kier alpha value is -1.90. The third kappa shape index (κ3) is 6.12. The van der Waals surface area contributed by atoms with Gasteiger partial charge in [-0.25, -0.2) is 0 Å². The van der Waals surface area contributed by atoms with Gasteiger partial charge < -0.3 is 13.8 Å². The summed E-state index contributed by atoms with van der Waals surface area (Å²) >= 11 is 3.40. The van der Waals surface area contributed by atoms with E-state index in [1.54, 1.807) is 42.3 Å². The third-order valence-electron chi connectivity index (χ3n) is 3.50. The molecule has 0 aliphatic heterocycles. The summed E-state index contributed by atoms with van der Waals surface area (Å²) in [6, 6.07) is 13.8. The van der Waals surface area contributed by atoms with Crippen molar-refractivity contribution in [3.8, 4) is 5.75 Å². The van der Waals surface area contributed by atoms with Gasteiger partial charge >= 0.3 is 10.1 Å². The smallest absolute Gasteiger partial charge is 0.306 e. The van der Waals surface area contributed by atoms with Crippen LogP contribution < -0.4 is 4.18 Å². The lowest BCUT2D eigenvalue weighted by Crippen LogP contribution is -2.33. The van der Waals surface area contributed by atoms with Crippen molar-refractivity contribution in [2.24, 2.45) is 0 Å². The molecule has 0 heterocycles. The Balaban J connectivity index is 2.17. The summed E-state index contributed by atoms with van der Waals surface area (Å²) in [4.78, 5) is 14.5. The van der Waals surface area contributed by atoms with Crippen molar-refractivity contribution in [2.45, 2.75) is 6.54 Å². The van der Waals surface area contributed by atoms with Crippen molar-refractivity contribution in [3.63, 3.8) is 0 Å². The van der Waals surface area contributed by atoms with E-state index in [-0.39, 0.29) is 11.7 Å². The number of halogens is 1. The molecule has 0 aliphatic rings. The molecule has 2 aromatic rings. The molecule has 0 radical (unpaired) electrons. The normalized spacial score (nSPS) is 11.2. The topological polar surface area (TPSA) is 72.9 Å². The van der Waals surface area contributed by atoms with Crippen LogP contribution in [-0.2, 0) is 21.4 Å². The van der Waals surface area contributed by atoms with E-state index in [9.17, 15) is 13.2 Å². The molecule has 1 amide bonds. The first kappa shape index (κ1) is 20.4. The Labute approximate surface area is 162 Å². The van der Waals surface area contributed by atoms with Gasteiger partial charge in [0.1, 0.15) is 5.75 Å². The summed E-state index contributed by atoms with van der Waals surface area (Å²) in [6.07, 6.45) is 0.990. The number of hydrogen-bond acceptors (Lipinski definition) is 5. The molecule has 0 aliphatic carbocycles. The van der Waals surface area contributed by atoms with Crippen LogP contribution in [0.3, 0.4) is 0 Å². The monoisotopic (exact) mass is 441 g/mol. The van der Waals surface area contributed by atoms with Crippen LogP contribution in [0.1, 0.15) is 15.9 Å². The van der Waals surface area contributed by atoms with Crippen molar-refractivity contribution in [1.82, 2.24) is 4.90 Å². The van der Waals surface area contributed by atoms with E-state index in [1.807, 2.05) is 18.2 Å². The largest absolute Gasteiger partial charge is 0.383 e. The van der Waals surface area contributed by atoms with E-state index < -0.39 is 10.1 Å². The van der Waals surface area contributed by atoms with Crippen molar-refractivity contribution in [2.75, 3.05) is 26.5 Å². The fraction of sp³-hybridized carbons (Fsp3) is 0.278. The lowest BCUT2D eigenvalue weighted by Gasteiger charge is -2.23. The van der Waals surface area contributed by atoms with Gasteiger partial charge in [0.05, 0.1) is 18.4 Å². The first-order valence-corrected chi connectivity index (χ1v) is 10.4. The van der Waals surface area contributed by atoms with E-state index >= 15 is 0 Å². The molecule has 26 heavy (non-hydrogen) atoms. The van der Waals surface area contributed by atoms with Crippen molar-refractivity contribution >= 4 is 32.0 Å². The fourth-order valence-corrected chi connectivity index (χ4v) is 3.22. The maximum absolute atomic E-state index is 12.9. The predicted octanol–water partition coefficient (Wildman–Crippen LogP) is 3.08. The first-order valence-electron chi connectivity index (χ1n) is 7.81. The third-order valence-corrected chi connectivity index (χ3v) is 4.69. The lowest BCUT2D eigenvalue weighted by molar-refractivity contribution is 0.0679. The minimum Gasteiger partial charge on any atom is -0.383 e. The van der Waals surface area contributed by atoms with Crippen LogP contribution in [0.5, 0.6) is 5.75 Å². The summed E-state index contributed by atoms with van der Waals surface area (Å²) in [6.45, 7) is 1.20. The molecule has 0 atom stereocenters. The predicted molar refractivity (Wildman–Crippen MR) is 103 cm³/mol. The quantitative estimate of drug-likeness (QED) is 0.588. The molecule has 6 nitrogen and oxygen atoms in total. The lowest BCUT2D eigenvalue weighted by atomic mass is 10.1. The Kier molecular flexibility index (Phi) is 7.19. The molecule has 140 valence electrons. The number of carbonyl (C=O) groups excluding carboxylic acids is 1. The molecule has 0 saturated heterocycles. The van der Waals surface area contributed by atoms with Crippen LogP contribution in [0, 0.1) is 0 Å². The highest BCUT2D eigenvalue weighted by Crippen LogP contribution is 2.20. The number of amides is 1. The highest BCUT2D eigenvalue weighted by Gasteiger charge is 2.18. The zero-order valence-electron chi connectivity index (χ0n) is 14.5. The van der Waals surface area contributed by atoms with E-state index in [0.717, 1.165) is 16.3 Å². The molecule has 2 aromatic carbocycles. The summed E-state index contributed by atoms with van der Waals surface area (Å²) < 4.78 is 33.0. The highest BCUT2D eigenvalue weighted by atomic mass is 79.9. The average molecular weight is 442 g/mol. The van der Waals surface area contributed by atoms with E-state index in [2.05, 4.69) is 15.9 Å². The molecule has 0 fully saturated rings. The number of carbonyl (C=O) groups is 1. The van der Waals surface area contributed by atoms with Gasteiger partial charge in [0, 0.05) is 24.7 Å². The molecule has 8 heteroatoms. The molecular formula is C18H20BrNO5S. The molecule has 2 rings (SSSR count). The highest BCUT2D eigenvalue weighted by molar-refractivity contribution is 9.10. The van der Waals surface area contributed by atoms with Crippen molar-refractivity contribution in [1.29, 1.82) is 0 Å². The number of hydrogen-bond donors (Lipinski definition) is 0. The Bertz CT molecular complexity index is 852. The van der Waals surface area contributed by atoms with Gasteiger partial charge in [0.2, 0.25) is 0 Å². The number of rotatable bonds is 8. The van der Waals surface area contributed by atoms with Gasteiger partial charge in [-0.3, -0.25) is 4.79 Å². The zero-order valence-corrected chi connectivity index (χ0v) is 16.9. The number of methoxy groups -OCH3 is 1. The average Bonchev–Trinajstić information content (AvgIpc) is 2.58. The molecular weight excluding hydrogens is 422 g/mol. The minimum absolute atomic E-state index is 0.119. The van der Waals surface area contributed by atoms with Gasteiger partial charge in [0.25, 0.3) is 5.91 Å². The van der Waals surface area contributed by atoms with Crippen molar-refractivity contribution in [3.05, 3.63) is 64.1 Å². The number of benzene rings is 2. The van der Waals surface area contributed by atoms with Crippen LogP contribution in [-0.4, -0.2) is 45.7 Å². The molecule has 0 bridgehead atoms. The van der Waals surface area contributed by atoms with Crippen molar-refractivity contribution < 1.29 is 22.1 Å². The summed E-state index contributed by atoms with van der Waals surface area (Å²) in [5.74, 6) is 0.114. The minimum atomic E-state index is -3.57. The van der Waals surface area contributed by atoms with Gasteiger partial charge in [-0.15, -0.1) is 0 Å². The van der Waals surface area contributed by atoms with E-state index in [0.29, 0.717) is 25.3 Å². The second-order valence-corrected chi connectivity index (χ2v) is 8.06. The van der Waals surface area contributed by atoms with Crippen LogP contribution in [0.4, 0.5) is 0 Å². The maximum Gasteiger partial charge on any atom is 0.306 e. The van der Waals surface area contributed by atoms with E-state index in [1.165, 1.54) is 0 Å². The van der Waals surface area contributed by atoms with Crippen LogP contribution in [0.2, 0.25) is 0 Å². The molecule has 0 spiro atoms. The van der Waals surface area contributed by atoms with E-state index in [4.69, 9.17) is 8.92 Å². The summed E-state index contributed by atoms with van der Waals surface area (Å²) in [7, 11) is -1.98. The first-order chi connectivity index (χ1) is 12.3. The Morgan fingerprint density at radius 1 is 1.12 bits per heavy atom. The Morgan fingerprint density at radius 3 is 2.35 bits per heavy atom. The number of nitrogens with zero attached hydrogens (tertiary/aromatic N) is 1. The van der Waals surface area contributed by atoms with Gasteiger partial charge in [0.15, 0.2) is 0 Å². The summed E-state index contributed by atoms with van der Waals surface area (Å²) in [5.41, 5.74) is 1.42. The number of ether oxygens (including phenoxy) is 1. The van der Waals surface area contributed by atoms with Gasteiger partial charge in [-0.1, -0.05) is 24.3 Å². The van der Waals surface area contributed by atoms with Gasteiger partial charge in [-0.2, -0.15) is 8.42 Å². The maximum atomic E-state index is 12.9. The van der Waals surface area contributed by atoms with Crippen LogP contribution in [0.15, 0.2) is 53.0 Å².